The molecule has 0 spiro atoms. The van der Waals surface area contributed by atoms with Gasteiger partial charge in [0.1, 0.15) is 0 Å². The third-order valence-electron chi connectivity index (χ3n) is 1.60. The summed E-state index contributed by atoms with van der Waals surface area (Å²) in [6.07, 6.45) is 2.57. The van der Waals surface area contributed by atoms with Gasteiger partial charge in [0.15, 0.2) is 0 Å². The number of carboxylic acid groups (broad SMARTS) is 1. The second-order valence-corrected chi connectivity index (χ2v) is 2.45. The molecule has 0 bridgehead atoms. The van der Waals surface area contributed by atoms with Crippen LogP contribution in [0.25, 0.3) is 0 Å². The van der Waals surface area contributed by atoms with Crippen molar-refractivity contribution in [3.8, 4) is 0 Å². The summed E-state index contributed by atoms with van der Waals surface area (Å²) in [6, 6.07) is 0. The van der Waals surface area contributed by atoms with Crippen LogP contribution in [0.4, 0.5) is 0 Å². The van der Waals surface area contributed by atoms with Gasteiger partial charge in [0, 0.05) is 0 Å². The first kappa shape index (κ1) is 8.70. The maximum atomic E-state index is 10.2. The summed E-state index contributed by atoms with van der Waals surface area (Å²) in [5.74, 6) is -0.812. The van der Waals surface area contributed by atoms with Crippen LogP contribution in [0.5, 0.6) is 0 Å². The van der Waals surface area contributed by atoms with E-state index in [1.807, 2.05) is 6.92 Å². The number of aliphatic carboxylic acids is 1. The normalized spacial score (nSPS) is 10.1. The minimum atomic E-state index is -0.812. The number of hydrogen-bond acceptors (Lipinski definition) is 3. The molecule has 0 atom stereocenters. The average molecular weight is 169 g/mol. The van der Waals surface area contributed by atoms with Gasteiger partial charge >= 0.3 is 5.97 Å². The second kappa shape index (κ2) is 3.85. The molecule has 0 aliphatic carbocycles. The maximum Gasteiger partial charge on any atom is 0.305 e. The highest BCUT2D eigenvalue weighted by Gasteiger charge is 2.03. The predicted octanol–water partition coefficient (Wildman–Crippen LogP) is 0.315. The molecule has 5 nitrogen and oxygen atoms in total. The van der Waals surface area contributed by atoms with Crippen molar-refractivity contribution in [2.45, 2.75) is 26.3 Å². The molecular weight excluding hydrogens is 158 g/mol. The van der Waals surface area contributed by atoms with Gasteiger partial charge in [-0.2, -0.15) is 0 Å². The smallest absolute Gasteiger partial charge is 0.305 e. The van der Waals surface area contributed by atoms with E-state index in [2.05, 4.69) is 10.3 Å². The Bertz CT molecular complexity index is 269. The molecule has 0 amide bonds. The molecule has 1 heterocycles. The van der Waals surface area contributed by atoms with Gasteiger partial charge in [-0.1, -0.05) is 12.1 Å². The number of carbonyl (C=O) groups is 1. The van der Waals surface area contributed by atoms with Crippen molar-refractivity contribution in [2.75, 3.05) is 0 Å². The molecule has 0 fully saturated rings. The zero-order chi connectivity index (χ0) is 8.97. The Kier molecular flexibility index (Phi) is 2.79. The van der Waals surface area contributed by atoms with Crippen LogP contribution in [0, 0.1) is 0 Å². The van der Waals surface area contributed by atoms with E-state index in [1.165, 1.54) is 0 Å². The molecule has 1 aromatic rings. The highest BCUT2D eigenvalue weighted by atomic mass is 16.4. The van der Waals surface area contributed by atoms with E-state index in [9.17, 15) is 4.79 Å². The number of hydrogen-bond donors (Lipinski definition) is 1. The monoisotopic (exact) mass is 169 g/mol. The van der Waals surface area contributed by atoms with Crippen molar-refractivity contribution in [2.24, 2.45) is 0 Å². The minimum Gasteiger partial charge on any atom is -0.481 e. The number of aryl methyl sites for hydroxylation is 2. The first-order valence-corrected chi connectivity index (χ1v) is 3.83. The summed E-state index contributed by atoms with van der Waals surface area (Å²) >= 11 is 0. The number of carboxylic acids is 1. The largest absolute Gasteiger partial charge is 0.481 e. The quantitative estimate of drug-likeness (QED) is 0.704. The van der Waals surface area contributed by atoms with Crippen LogP contribution < -0.4 is 0 Å². The fourth-order valence-electron chi connectivity index (χ4n) is 0.943. The van der Waals surface area contributed by atoms with E-state index in [4.69, 9.17) is 5.11 Å². The Balaban J connectivity index is 2.56. The third kappa shape index (κ3) is 2.05. The summed E-state index contributed by atoms with van der Waals surface area (Å²) in [6.45, 7) is 2.38. The van der Waals surface area contributed by atoms with Crippen LogP contribution in [-0.2, 0) is 17.8 Å². The summed E-state index contributed by atoms with van der Waals surface area (Å²) in [4.78, 5) is 10.2. The van der Waals surface area contributed by atoms with Gasteiger partial charge in [0.25, 0.3) is 0 Å². The van der Waals surface area contributed by atoms with Crippen LogP contribution in [0.1, 0.15) is 19.0 Å². The lowest BCUT2D eigenvalue weighted by Crippen LogP contribution is -2.08. The Labute approximate surface area is 70.0 Å². The van der Waals surface area contributed by atoms with Crippen LogP contribution in [0.3, 0.4) is 0 Å². The highest BCUT2D eigenvalue weighted by molar-refractivity contribution is 5.66. The van der Waals surface area contributed by atoms with Gasteiger partial charge in [-0.05, 0) is 6.42 Å². The molecule has 5 heteroatoms. The Morgan fingerprint density at radius 2 is 2.50 bits per heavy atom. The lowest BCUT2D eigenvalue weighted by Gasteiger charge is -2.00. The van der Waals surface area contributed by atoms with E-state index in [-0.39, 0.29) is 6.42 Å². The topological polar surface area (TPSA) is 68.0 Å². The van der Waals surface area contributed by atoms with Gasteiger partial charge < -0.3 is 5.11 Å². The Hall–Kier alpha value is -1.39. The minimum absolute atomic E-state index is 0.0936. The Morgan fingerprint density at radius 3 is 3.08 bits per heavy atom. The van der Waals surface area contributed by atoms with E-state index >= 15 is 0 Å². The molecule has 0 saturated carbocycles. The first-order chi connectivity index (χ1) is 5.74. The van der Waals surface area contributed by atoms with Gasteiger partial charge in [-0.25, -0.2) is 4.68 Å². The van der Waals surface area contributed by atoms with Gasteiger partial charge in [0.05, 0.1) is 24.9 Å². The molecule has 0 aromatic carbocycles. The van der Waals surface area contributed by atoms with Crippen molar-refractivity contribution >= 4 is 5.97 Å². The van der Waals surface area contributed by atoms with E-state index in [1.54, 1.807) is 10.9 Å². The highest BCUT2D eigenvalue weighted by Crippen LogP contribution is 1.98. The van der Waals surface area contributed by atoms with Crippen molar-refractivity contribution in [1.29, 1.82) is 0 Å². The van der Waals surface area contributed by atoms with Crippen molar-refractivity contribution in [3.63, 3.8) is 0 Å². The average Bonchev–Trinajstić information content (AvgIpc) is 2.47. The van der Waals surface area contributed by atoms with E-state index in [0.717, 1.165) is 12.1 Å². The third-order valence-corrected chi connectivity index (χ3v) is 1.60. The SMILES string of the molecule is CCc1cnnn1CCC(=O)O. The van der Waals surface area contributed by atoms with Crippen LogP contribution in [-0.4, -0.2) is 26.1 Å². The lowest BCUT2D eigenvalue weighted by atomic mass is 10.3. The molecule has 0 aliphatic heterocycles. The number of nitrogens with zero attached hydrogens (tertiary/aromatic N) is 3. The summed E-state index contributed by atoms with van der Waals surface area (Å²) in [5.41, 5.74) is 0.969. The van der Waals surface area contributed by atoms with E-state index in [0.29, 0.717) is 6.54 Å². The molecule has 66 valence electrons. The number of aromatic nitrogens is 3. The van der Waals surface area contributed by atoms with Gasteiger partial charge in [-0.3, -0.25) is 4.79 Å². The molecule has 0 saturated heterocycles. The molecular formula is C7H11N3O2. The van der Waals surface area contributed by atoms with Crippen LogP contribution >= 0.6 is 0 Å². The van der Waals surface area contributed by atoms with Crippen molar-refractivity contribution < 1.29 is 9.90 Å². The van der Waals surface area contributed by atoms with Crippen LogP contribution in [0.15, 0.2) is 6.20 Å². The maximum absolute atomic E-state index is 10.2. The molecule has 1 aromatic heterocycles. The molecule has 0 radical (unpaired) electrons. The molecule has 1 rings (SSSR count). The predicted molar refractivity (Wildman–Crippen MR) is 41.7 cm³/mol. The fourth-order valence-corrected chi connectivity index (χ4v) is 0.943. The van der Waals surface area contributed by atoms with Crippen molar-refractivity contribution in [1.82, 2.24) is 15.0 Å². The standard InChI is InChI=1S/C7H11N3O2/c1-2-6-5-8-9-10(6)4-3-7(11)12/h5H,2-4H2,1H3,(H,11,12). The molecule has 12 heavy (non-hydrogen) atoms. The number of rotatable bonds is 4. The Morgan fingerprint density at radius 1 is 1.75 bits per heavy atom. The van der Waals surface area contributed by atoms with Gasteiger partial charge in [0.2, 0.25) is 0 Å². The second-order valence-electron chi connectivity index (χ2n) is 2.45. The molecule has 0 unspecified atom stereocenters. The summed E-state index contributed by atoms with van der Waals surface area (Å²) in [5, 5.41) is 15.9. The van der Waals surface area contributed by atoms with E-state index < -0.39 is 5.97 Å². The summed E-state index contributed by atoms with van der Waals surface area (Å²) < 4.78 is 1.62. The molecule has 0 aliphatic rings. The zero-order valence-electron chi connectivity index (χ0n) is 6.90. The molecule has 1 N–H and O–H groups in total. The van der Waals surface area contributed by atoms with Crippen molar-refractivity contribution in [3.05, 3.63) is 11.9 Å². The fraction of sp³-hybridized carbons (Fsp3) is 0.571. The van der Waals surface area contributed by atoms with Crippen LogP contribution in [0.2, 0.25) is 0 Å². The lowest BCUT2D eigenvalue weighted by molar-refractivity contribution is -0.137. The first-order valence-electron chi connectivity index (χ1n) is 3.83. The van der Waals surface area contributed by atoms with Gasteiger partial charge in [-0.15, -0.1) is 5.10 Å². The zero-order valence-corrected chi connectivity index (χ0v) is 6.90. The summed E-state index contributed by atoms with van der Waals surface area (Å²) in [7, 11) is 0.